The van der Waals surface area contributed by atoms with Crippen molar-refractivity contribution < 1.29 is 5.11 Å². The molecule has 59 valence electrons. The van der Waals surface area contributed by atoms with Gasteiger partial charge < -0.3 is 5.11 Å². The van der Waals surface area contributed by atoms with E-state index in [-0.39, 0.29) is 0 Å². The Bertz CT molecular complexity index is 348. The zero-order chi connectivity index (χ0) is 8.39. The largest absolute Gasteiger partial charge is 0.508 e. The van der Waals surface area contributed by atoms with Crippen LogP contribution in [-0.2, 0) is 0 Å². The summed E-state index contributed by atoms with van der Waals surface area (Å²) in [5.41, 5.74) is 2.18. The Morgan fingerprint density at radius 2 is 1.83 bits per heavy atom. The summed E-state index contributed by atoms with van der Waals surface area (Å²) >= 11 is 1.55. The van der Waals surface area contributed by atoms with Crippen LogP contribution in [0, 0.1) is 5.38 Å². The predicted molar refractivity (Wildman–Crippen MR) is 50.3 cm³/mol. The van der Waals surface area contributed by atoms with Crippen molar-refractivity contribution in [3.63, 3.8) is 0 Å². The molecule has 0 saturated carbocycles. The van der Waals surface area contributed by atoms with Gasteiger partial charge in [0.1, 0.15) is 5.75 Å². The highest BCUT2D eigenvalue weighted by Crippen LogP contribution is 2.22. The molecule has 1 radical (unpaired) electrons. The van der Waals surface area contributed by atoms with E-state index in [0.29, 0.717) is 5.75 Å². The lowest BCUT2D eigenvalue weighted by molar-refractivity contribution is 0.475. The van der Waals surface area contributed by atoms with E-state index in [1.54, 1.807) is 23.5 Å². The molecule has 2 heteroatoms. The van der Waals surface area contributed by atoms with Crippen LogP contribution >= 0.6 is 11.3 Å². The van der Waals surface area contributed by atoms with E-state index in [4.69, 9.17) is 5.11 Å². The van der Waals surface area contributed by atoms with Crippen LogP contribution in [0.3, 0.4) is 0 Å². The van der Waals surface area contributed by atoms with Crippen LogP contribution in [0.5, 0.6) is 5.75 Å². The van der Waals surface area contributed by atoms with Crippen LogP contribution in [0.15, 0.2) is 35.7 Å². The quantitative estimate of drug-likeness (QED) is 0.706. The van der Waals surface area contributed by atoms with Crippen LogP contribution in [0.4, 0.5) is 0 Å². The first-order valence-corrected chi connectivity index (χ1v) is 4.49. The fourth-order valence-electron chi connectivity index (χ4n) is 1.03. The van der Waals surface area contributed by atoms with E-state index in [9.17, 15) is 0 Å². The molecule has 0 unspecified atom stereocenters. The van der Waals surface area contributed by atoms with Crippen molar-refractivity contribution in [2.24, 2.45) is 0 Å². The molecule has 12 heavy (non-hydrogen) atoms. The van der Waals surface area contributed by atoms with Gasteiger partial charge in [0.15, 0.2) is 0 Å². The summed E-state index contributed by atoms with van der Waals surface area (Å²) in [6, 6.07) is 9.14. The van der Waals surface area contributed by atoms with E-state index in [1.165, 1.54) is 0 Å². The normalized spacial score (nSPS) is 10.0. The second-order valence-corrected chi connectivity index (χ2v) is 3.20. The number of thiophene rings is 1. The number of rotatable bonds is 1. The van der Waals surface area contributed by atoms with Crippen LogP contribution < -0.4 is 0 Å². The summed E-state index contributed by atoms with van der Waals surface area (Å²) in [7, 11) is 0. The Morgan fingerprint density at radius 1 is 1.08 bits per heavy atom. The molecule has 0 atom stereocenters. The third kappa shape index (κ3) is 1.34. The van der Waals surface area contributed by atoms with Crippen molar-refractivity contribution in [3.8, 4) is 16.9 Å². The number of phenolic OH excluding ortho intramolecular Hbond substituents is 1. The van der Waals surface area contributed by atoms with E-state index >= 15 is 0 Å². The van der Waals surface area contributed by atoms with Gasteiger partial charge >= 0.3 is 0 Å². The van der Waals surface area contributed by atoms with Gasteiger partial charge in [-0.25, -0.2) is 0 Å². The van der Waals surface area contributed by atoms with Crippen LogP contribution in [-0.4, -0.2) is 5.11 Å². The summed E-state index contributed by atoms with van der Waals surface area (Å²) in [4.78, 5) is 0. The predicted octanol–water partition coefficient (Wildman–Crippen LogP) is 2.92. The third-order valence-corrected chi connectivity index (χ3v) is 2.26. The summed E-state index contributed by atoms with van der Waals surface area (Å²) in [6.07, 6.45) is 0. The van der Waals surface area contributed by atoms with Crippen LogP contribution in [0.25, 0.3) is 11.1 Å². The molecule has 1 N–H and O–H groups in total. The molecule has 0 fully saturated rings. The van der Waals surface area contributed by atoms with Crippen molar-refractivity contribution in [1.29, 1.82) is 0 Å². The smallest absolute Gasteiger partial charge is 0.115 e. The average molecular weight is 175 g/mol. The Kier molecular flexibility index (Phi) is 1.84. The van der Waals surface area contributed by atoms with Gasteiger partial charge in [0.25, 0.3) is 0 Å². The Balaban J connectivity index is 2.43. The van der Waals surface area contributed by atoms with Crippen molar-refractivity contribution in [2.45, 2.75) is 0 Å². The zero-order valence-electron chi connectivity index (χ0n) is 6.32. The maximum Gasteiger partial charge on any atom is 0.115 e. The minimum atomic E-state index is 0.300. The molecule has 0 saturated heterocycles. The maximum atomic E-state index is 9.05. The molecule has 2 aromatic rings. The van der Waals surface area contributed by atoms with Gasteiger partial charge in [-0.1, -0.05) is 12.1 Å². The molecule has 0 amide bonds. The number of phenols is 1. The lowest BCUT2D eigenvalue weighted by atomic mass is 10.1. The third-order valence-electron chi connectivity index (χ3n) is 1.65. The number of hydrogen-bond acceptors (Lipinski definition) is 2. The van der Waals surface area contributed by atoms with Gasteiger partial charge in [0.05, 0.1) is 5.38 Å². The van der Waals surface area contributed by atoms with Crippen LogP contribution in [0.2, 0.25) is 0 Å². The minimum Gasteiger partial charge on any atom is -0.508 e. The summed E-state index contributed by atoms with van der Waals surface area (Å²) in [6.45, 7) is 0. The Morgan fingerprint density at radius 3 is 2.42 bits per heavy atom. The van der Waals surface area contributed by atoms with Gasteiger partial charge in [-0.05, 0) is 29.1 Å². The Labute approximate surface area is 74.9 Å². The molecule has 1 nitrogen and oxygen atoms in total. The number of hydrogen-bond donors (Lipinski definition) is 1. The molecule has 1 heterocycles. The number of benzene rings is 1. The van der Waals surface area contributed by atoms with E-state index < -0.39 is 0 Å². The molecule has 0 bridgehead atoms. The Hall–Kier alpha value is -1.28. The fraction of sp³-hybridized carbons (Fsp3) is 0. The molecule has 1 aromatic carbocycles. The number of aromatic hydroxyl groups is 1. The maximum absolute atomic E-state index is 9.05. The standard InChI is InChI=1S/C10H7OS/c11-10-3-1-8(2-4-10)9-5-6-12-7-9/h1-6,11H. The van der Waals surface area contributed by atoms with Gasteiger partial charge in [-0.2, -0.15) is 0 Å². The molecule has 0 spiro atoms. The van der Waals surface area contributed by atoms with Crippen molar-refractivity contribution in [1.82, 2.24) is 0 Å². The first kappa shape index (κ1) is 7.37. The lowest BCUT2D eigenvalue weighted by Crippen LogP contribution is -1.71. The van der Waals surface area contributed by atoms with Gasteiger partial charge in [-0.3, -0.25) is 0 Å². The van der Waals surface area contributed by atoms with E-state index in [0.717, 1.165) is 11.1 Å². The van der Waals surface area contributed by atoms with Crippen LogP contribution in [0.1, 0.15) is 0 Å². The second-order valence-electron chi connectivity index (χ2n) is 2.48. The van der Waals surface area contributed by atoms with Crippen molar-refractivity contribution in [3.05, 3.63) is 41.1 Å². The van der Waals surface area contributed by atoms with E-state index in [1.807, 2.05) is 23.6 Å². The van der Waals surface area contributed by atoms with Gasteiger partial charge in [0, 0.05) is 5.56 Å². The molecule has 0 aliphatic rings. The summed E-state index contributed by atoms with van der Waals surface area (Å²) in [5, 5.41) is 14.2. The molecule has 0 aliphatic heterocycles. The highest BCUT2D eigenvalue weighted by Gasteiger charge is 1.96. The average Bonchev–Trinajstić information content (AvgIpc) is 2.58. The molecule has 1 aromatic heterocycles. The highest BCUT2D eigenvalue weighted by atomic mass is 32.1. The zero-order valence-corrected chi connectivity index (χ0v) is 7.14. The first-order valence-electron chi connectivity index (χ1n) is 3.61. The second kappa shape index (κ2) is 2.99. The van der Waals surface area contributed by atoms with E-state index in [2.05, 4.69) is 5.38 Å². The van der Waals surface area contributed by atoms with Crippen molar-refractivity contribution >= 4 is 11.3 Å². The summed E-state index contributed by atoms with van der Waals surface area (Å²) < 4.78 is 0. The molecular weight excluding hydrogens is 168 g/mol. The SMILES string of the molecule is Oc1ccc(-c2[c]scc2)cc1. The minimum absolute atomic E-state index is 0.300. The highest BCUT2D eigenvalue weighted by molar-refractivity contribution is 7.07. The molecule has 0 aliphatic carbocycles. The first-order chi connectivity index (χ1) is 5.86. The van der Waals surface area contributed by atoms with Gasteiger partial charge in [0.2, 0.25) is 0 Å². The van der Waals surface area contributed by atoms with Gasteiger partial charge in [-0.15, -0.1) is 11.3 Å². The monoisotopic (exact) mass is 175 g/mol. The summed E-state index contributed by atoms with van der Waals surface area (Å²) in [5.74, 6) is 0.300. The van der Waals surface area contributed by atoms with Crippen molar-refractivity contribution in [2.75, 3.05) is 0 Å². The fourth-order valence-corrected chi connectivity index (χ4v) is 1.61. The lowest BCUT2D eigenvalue weighted by Gasteiger charge is -1.96. The topological polar surface area (TPSA) is 20.2 Å². The molecule has 2 rings (SSSR count). The molecular formula is C10H7OS.